The number of ether oxygens (including phenoxy) is 1. The zero-order valence-corrected chi connectivity index (χ0v) is 14.2. The average molecular weight is 306 g/mol. The molecule has 1 nitrogen and oxygen atoms in total. The highest BCUT2D eigenvalue weighted by molar-refractivity contribution is 5.82. The SMILES string of the molecule is CC/C(=C(/c1ccccc1)c1ccc(OC)cc1)C1CCCC1. The largest absolute Gasteiger partial charge is 0.497 e. The zero-order valence-electron chi connectivity index (χ0n) is 14.2. The van der Waals surface area contributed by atoms with Crippen LogP contribution in [-0.4, -0.2) is 7.11 Å². The van der Waals surface area contributed by atoms with Crippen molar-refractivity contribution in [3.63, 3.8) is 0 Å². The van der Waals surface area contributed by atoms with Gasteiger partial charge in [0.15, 0.2) is 0 Å². The maximum Gasteiger partial charge on any atom is 0.118 e. The number of hydrogen-bond acceptors (Lipinski definition) is 1. The second kappa shape index (κ2) is 7.50. The highest BCUT2D eigenvalue weighted by Crippen LogP contribution is 2.39. The molecule has 1 fully saturated rings. The van der Waals surface area contributed by atoms with Crippen molar-refractivity contribution >= 4 is 5.57 Å². The van der Waals surface area contributed by atoms with Gasteiger partial charge in [0.05, 0.1) is 7.11 Å². The van der Waals surface area contributed by atoms with Crippen LogP contribution in [-0.2, 0) is 0 Å². The van der Waals surface area contributed by atoms with Gasteiger partial charge in [0, 0.05) is 0 Å². The minimum Gasteiger partial charge on any atom is -0.497 e. The molecule has 0 heterocycles. The molecule has 0 radical (unpaired) electrons. The molecule has 1 aliphatic rings. The summed E-state index contributed by atoms with van der Waals surface area (Å²) in [7, 11) is 1.72. The summed E-state index contributed by atoms with van der Waals surface area (Å²) in [6.45, 7) is 2.31. The highest BCUT2D eigenvalue weighted by Gasteiger charge is 2.22. The molecular formula is C22H26O. The van der Waals surface area contributed by atoms with Gasteiger partial charge in [0.25, 0.3) is 0 Å². The third-order valence-corrected chi connectivity index (χ3v) is 4.99. The topological polar surface area (TPSA) is 9.23 Å². The second-order valence-electron chi connectivity index (χ2n) is 6.33. The van der Waals surface area contributed by atoms with Crippen LogP contribution in [0.4, 0.5) is 0 Å². The molecule has 2 aromatic carbocycles. The number of benzene rings is 2. The van der Waals surface area contributed by atoms with Gasteiger partial charge in [0.1, 0.15) is 5.75 Å². The van der Waals surface area contributed by atoms with Crippen molar-refractivity contribution in [2.24, 2.45) is 5.92 Å². The lowest BCUT2D eigenvalue weighted by Gasteiger charge is -2.21. The van der Waals surface area contributed by atoms with Crippen LogP contribution >= 0.6 is 0 Å². The molecule has 1 heteroatoms. The standard InChI is InChI=1S/C22H26O/c1-3-21(17-9-7-8-10-17)22(18-11-5-4-6-12-18)19-13-15-20(23-2)16-14-19/h4-6,11-17H,3,7-10H2,1-2H3/b22-21+. The Kier molecular flexibility index (Phi) is 5.17. The fraction of sp³-hybridized carbons (Fsp3) is 0.364. The van der Waals surface area contributed by atoms with Gasteiger partial charge < -0.3 is 4.74 Å². The van der Waals surface area contributed by atoms with E-state index in [1.165, 1.54) is 42.4 Å². The van der Waals surface area contributed by atoms with Gasteiger partial charge in [0.2, 0.25) is 0 Å². The quantitative estimate of drug-likeness (QED) is 0.648. The van der Waals surface area contributed by atoms with E-state index in [2.05, 4.69) is 61.5 Å². The van der Waals surface area contributed by atoms with Crippen molar-refractivity contribution in [3.05, 3.63) is 71.3 Å². The first-order valence-corrected chi connectivity index (χ1v) is 8.76. The molecule has 3 rings (SSSR count). The molecule has 0 amide bonds. The summed E-state index contributed by atoms with van der Waals surface area (Å²) < 4.78 is 5.33. The summed E-state index contributed by atoms with van der Waals surface area (Å²) >= 11 is 0. The maximum atomic E-state index is 5.33. The first-order chi connectivity index (χ1) is 11.3. The van der Waals surface area contributed by atoms with Gasteiger partial charge in [-0.1, -0.05) is 67.8 Å². The van der Waals surface area contributed by atoms with Crippen LogP contribution in [0.25, 0.3) is 5.57 Å². The molecule has 2 aromatic rings. The molecule has 0 N–H and O–H groups in total. The summed E-state index contributed by atoms with van der Waals surface area (Å²) in [4.78, 5) is 0. The van der Waals surface area contributed by atoms with Gasteiger partial charge in [-0.2, -0.15) is 0 Å². The van der Waals surface area contributed by atoms with Crippen molar-refractivity contribution in [3.8, 4) is 5.75 Å². The number of hydrogen-bond donors (Lipinski definition) is 0. The first kappa shape index (κ1) is 15.9. The van der Waals surface area contributed by atoms with E-state index in [1.54, 1.807) is 12.7 Å². The van der Waals surface area contributed by atoms with Crippen molar-refractivity contribution in [1.29, 1.82) is 0 Å². The van der Waals surface area contributed by atoms with Crippen LogP contribution < -0.4 is 4.74 Å². The van der Waals surface area contributed by atoms with Gasteiger partial charge in [-0.3, -0.25) is 0 Å². The molecule has 0 aliphatic heterocycles. The summed E-state index contributed by atoms with van der Waals surface area (Å²) in [6.07, 6.45) is 6.56. The smallest absolute Gasteiger partial charge is 0.118 e. The Bertz CT molecular complexity index is 646. The number of methoxy groups -OCH3 is 1. The Morgan fingerprint density at radius 3 is 2.09 bits per heavy atom. The Hall–Kier alpha value is -2.02. The Morgan fingerprint density at radius 1 is 0.913 bits per heavy atom. The molecule has 0 saturated heterocycles. The van der Waals surface area contributed by atoms with Crippen LogP contribution in [0, 0.1) is 5.92 Å². The fourth-order valence-electron chi connectivity index (χ4n) is 3.84. The van der Waals surface area contributed by atoms with E-state index < -0.39 is 0 Å². The summed E-state index contributed by atoms with van der Waals surface area (Å²) in [6, 6.07) is 19.4. The third-order valence-electron chi connectivity index (χ3n) is 4.99. The van der Waals surface area contributed by atoms with Crippen LogP contribution in [0.1, 0.15) is 50.2 Å². The van der Waals surface area contributed by atoms with Crippen LogP contribution in [0.5, 0.6) is 5.75 Å². The molecule has 0 unspecified atom stereocenters. The predicted octanol–water partition coefficient (Wildman–Crippen LogP) is 6.10. The van der Waals surface area contributed by atoms with E-state index >= 15 is 0 Å². The van der Waals surface area contributed by atoms with Crippen LogP contribution in [0.2, 0.25) is 0 Å². The van der Waals surface area contributed by atoms with Crippen molar-refractivity contribution < 1.29 is 4.74 Å². The maximum absolute atomic E-state index is 5.33. The molecule has 1 saturated carbocycles. The van der Waals surface area contributed by atoms with Crippen molar-refractivity contribution in [1.82, 2.24) is 0 Å². The molecule has 0 atom stereocenters. The van der Waals surface area contributed by atoms with E-state index in [1.807, 2.05) is 0 Å². The third kappa shape index (κ3) is 3.50. The van der Waals surface area contributed by atoms with E-state index in [-0.39, 0.29) is 0 Å². The minimum atomic E-state index is 0.748. The molecule has 0 bridgehead atoms. The Labute approximate surface area is 140 Å². The van der Waals surface area contributed by atoms with Gasteiger partial charge in [-0.15, -0.1) is 0 Å². The number of rotatable bonds is 5. The van der Waals surface area contributed by atoms with Gasteiger partial charge >= 0.3 is 0 Å². The molecule has 0 spiro atoms. The Balaban J connectivity index is 2.12. The first-order valence-electron chi connectivity index (χ1n) is 8.76. The van der Waals surface area contributed by atoms with Crippen molar-refractivity contribution in [2.75, 3.05) is 7.11 Å². The highest BCUT2D eigenvalue weighted by atomic mass is 16.5. The molecular weight excluding hydrogens is 280 g/mol. The predicted molar refractivity (Wildman–Crippen MR) is 97.7 cm³/mol. The van der Waals surface area contributed by atoms with Crippen LogP contribution in [0.3, 0.4) is 0 Å². The lowest BCUT2D eigenvalue weighted by atomic mass is 9.84. The molecule has 0 aromatic heterocycles. The van der Waals surface area contributed by atoms with E-state index in [4.69, 9.17) is 4.74 Å². The Morgan fingerprint density at radius 2 is 1.52 bits per heavy atom. The molecule has 23 heavy (non-hydrogen) atoms. The number of allylic oxidation sites excluding steroid dienone is 1. The van der Waals surface area contributed by atoms with E-state index in [9.17, 15) is 0 Å². The van der Waals surface area contributed by atoms with Crippen LogP contribution in [0.15, 0.2) is 60.2 Å². The summed E-state index contributed by atoms with van der Waals surface area (Å²) in [5.74, 6) is 1.66. The average Bonchev–Trinajstić information content (AvgIpc) is 3.15. The fourth-order valence-corrected chi connectivity index (χ4v) is 3.84. The zero-order chi connectivity index (χ0) is 16.1. The van der Waals surface area contributed by atoms with E-state index in [0.717, 1.165) is 18.1 Å². The second-order valence-corrected chi connectivity index (χ2v) is 6.33. The molecule has 1 aliphatic carbocycles. The van der Waals surface area contributed by atoms with Crippen molar-refractivity contribution in [2.45, 2.75) is 39.0 Å². The normalized spacial score (nSPS) is 16.3. The van der Waals surface area contributed by atoms with Gasteiger partial charge in [-0.05, 0) is 54.0 Å². The lowest BCUT2D eigenvalue weighted by molar-refractivity contribution is 0.415. The summed E-state index contributed by atoms with van der Waals surface area (Å²) in [5, 5.41) is 0. The monoisotopic (exact) mass is 306 g/mol. The lowest BCUT2D eigenvalue weighted by Crippen LogP contribution is -2.03. The van der Waals surface area contributed by atoms with E-state index in [0.29, 0.717) is 0 Å². The minimum absolute atomic E-state index is 0.748. The summed E-state index contributed by atoms with van der Waals surface area (Å²) in [5.41, 5.74) is 5.70. The van der Waals surface area contributed by atoms with Gasteiger partial charge in [-0.25, -0.2) is 0 Å². The molecule has 120 valence electrons.